The van der Waals surface area contributed by atoms with Crippen LogP contribution >= 0.6 is 11.3 Å². The van der Waals surface area contributed by atoms with E-state index < -0.39 is 0 Å². The fourth-order valence-corrected chi connectivity index (χ4v) is 4.48. The van der Waals surface area contributed by atoms with Crippen molar-refractivity contribution in [2.75, 3.05) is 5.32 Å². The van der Waals surface area contributed by atoms with Gasteiger partial charge in [-0.05, 0) is 24.6 Å². The van der Waals surface area contributed by atoms with Crippen LogP contribution in [0, 0.1) is 12.7 Å². The second kappa shape index (κ2) is 8.76. The van der Waals surface area contributed by atoms with E-state index in [0.29, 0.717) is 18.7 Å². The van der Waals surface area contributed by atoms with Gasteiger partial charge in [-0.3, -0.25) is 9.78 Å². The highest BCUT2D eigenvalue weighted by molar-refractivity contribution is 7.19. The lowest BCUT2D eigenvalue weighted by atomic mass is 10.1. The molecular formula is C24H21FN6S. The Morgan fingerprint density at radius 1 is 1.03 bits per heavy atom. The van der Waals surface area contributed by atoms with Crippen LogP contribution in [0.15, 0.2) is 73.1 Å². The SMILES string of the molecule is Cc1nc(NCc2cn[nH]c2-c2ccccc2)sc1-c1ccn(Cc2ccccc2F)n1. The second-order valence-corrected chi connectivity index (χ2v) is 8.41. The van der Waals surface area contributed by atoms with Crippen molar-refractivity contribution in [1.82, 2.24) is 25.0 Å². The summed E-state index contributed by atoms with van der Waals surface area (Å²) in [5.74, 6) is -0.223. The summed E-state index contributed by atoms with van der Waals surface area (Å²) in [5, 5.41) is 16.1. The summed E-state index contributed by atoms with van der Waals surface area (Å²) in [7, 11) is 0. The molecule has 0 aliphatic heterocycles. The summed E-state index contributed by atoms with van der Waals surface area (Å²) < 4.78 is 15.7. The van der Waals surface area contributed by atoms with Gasteiger partial charge in [0.2, 0.25) is 0 Å². The molecule has 0 radical (unpaired) electrons. The van der Waals surface area contributed by atoms with Gasteiger partial charge in [0, 0.05) is 23.9 Å². The van der Waals surface area contributed by atoms with E-state index in [9.17, 15) is 4.39 Å². The molecule has 32 heavy (non-hydrogen) atoms. The molecule has 0 saturated heterocycles. The summed E-state index contributed by atoms with van der Waals surface area (Å²) in [4.78, 5) is 5.66. The largest absolute Gasteiger partial charge is 0.357 e. The number of aromatic nitrogens is 5. The second-order valence-electron chi connectivity index (χ2n) is 7.41. The summed E-state index contributed by atoms with van der Waals surface area (Å²) in [6.07, 6.45) is 3.70. The van der Waals surface area contributed by atoms with Crippen molar-refractivity contribution >= 4 is 16.5 Å². The third kappa shape index (κ3) is 4.17. The quantitative estimate of drug-likeness (QED) is 0.347. The minimum Gasteiger partial charge on any atom is -0.357 e. The topological polar surface area (TPSA) is 71.4 Å². The summed E-state index contributed by atoms with van der Waals surface area (Å²) in [5.41, 5.74) is 5.51. The summed E-state index contributed by atoms with van der Waals surface area (Å²) >= 11 is 1.56. The number of anilines is 1. The van der Waals surface area contributed by atoms with Crippen molar-refractivity contribution in [3.63, 3.8) is 0 Å². The monoisotopic (exact) mass is 444 g/mol. The van der Waals surface area contributed by atoms with Gasteiger partial charge in [0.1, 0.15) is 11.5 Å². The Kier molecular flexibility index (Phi) is 5.51. The molecule has 5 aromatic rings. The molecule has 0 unspecified atom stereocenters. The Labute approximate surface area is 188 Å². The predicted octanol–water partition coefficient (Wildman–Crippen LogP) is 5.50. The number of aryl methyl sites for hydroxylation is 1. The van der Waals surface area contributed by atoms with Crippen LogP contribution in [-0.4, -0.2) is 25.0 Å². The van der Waals surface area contributed by atoms with Gasteiger partial charge in [0.25, 0.3) is 0 Å². The predicted molar refractivity (Wildman–Crippen MR) is 125 cm³/mol. The van der Waals surface area contributed by atoms with Gasteiger partial charge >= 0.3 is 0 Å². The third-order valence-corrected chi connectivity index (χ3v) is 6.31. The Morgan fingerprint density at radius 3 is 2.69 bits per heavy atom. The van der Waals surface area contributed by atoms with Crippen molar-refractivity contribution in [3.8, 4) is 21.8 Å². The number of thiazole rings is 1. The number of aromatic amines is 1. The van der Waals surface area contributed by atoms with E-state index in [-0.39, 0.29) is 5.82 Å². The molecule has 0 fully saturated rings. The number of benzene rings is 2. The molecule has 8 heteroatoms. The van der Waals surface area contributed by atoms with Gasteiger partial charge in [-0.1, -0.05) is 59.9 Å². The van der Waals surface area contributed by atoms with Gasteiger partial charge in [-0.2, -0.15) is 10.2 Å². The van der Waals surface area contributed by atoms with Crippen LogP contribution in [0.2, 0.25) is 0 Å². The molecule has 3 aromatic heterocycles. The third-order valence-electron chi connectivity index (χ3n) is 5.17. The van der Waals surface area contributed by atoms with Crippen molar-refractivity contribution < 1.29 is 4.39 Å². The number of rotatable bonds is 7. The Hall–Kier alpha value is -3.78. The lowest BCUT2D eigenvalue weighted by molar-refractivity contribution is 0.586. The Bertz CT molecular complexity index is 1340. The van der Waals surface area contributed by atoms with Crippen molar-refractivity contribution in [2.24, 2.45) is 0 Å². The first-order valence-electron chi connectivity index (χ1n) is 10.2. The molecule has 0 spiro atoms. The lowest BCUT2D eigenvalue weighted by Gasteiger charge is -2.04. The van der Waals surface area contributed by atoms with E-state index in [4.69, 9.17) is 0 Å². The van der Waals surface area contributed by atoms with Crippen molar-refractivity contribution in [2.45, 2.75) is 20.0 Å². The molecule has 2 aromatic carbocycles. The minimum absolute atomic E-state index is 0.223. The maximum absolute atomic E-state index is 13.9. The van der Waals surface area contributed by atoms with E-state index in [2.05, 4.69) is 37.7 Å². The maximum Gasteiger partial charge on any atom is 0.183 e. The van der Waals surface area contributed by atoms with Crippen LogP contribution in [0.4, 0.5) is 9.52 Å². The average molecular weight is 445 g/mol. The molecule has 2 N–H and O–H groups in total. The van der Waals surface area contributed by atoms with Crippen molar-refractivity contribution in [1.29, 1.82) is 0 Å². The lowest BCUT2D eigenvalue weighted by Crippen LogP contribution is -2.02. The highest BCUT2D eigenvalue weighted by atomic mass is 32.1. The fourth-order valence-electron chi connectivity index (χ4n) is 3.55. The standard InChI is InChI=1S/C24H21FN6S/c1-16-23(21-11-12-31(30-21)15-18-9-5-6-10-20(18)25)32-24(28-16)26-13-19-14-27-29-22(19)17-7-3-2-4-8-17/h2-12,14H,13,15H2,1H3,(H,26,28)(H,27,29). The van der Waals surface area contributed by atoms with Gasteiger partial charge < -0.3 is 5.32 Å². The molecule has 0 amide bonds. The molecule has 0 aliphatic carbocycles. The zero-order valence-electron chi connectivity index (χ0n) is 17.4. The van der Waals surface area contributed by atoms with Gasteiger partial charge in [-0.15, -0.1) is 0 Å². The molecule has 160 valence electrons. The number of halogens is 1. The normalized spacial score (nSPS) is 11.1. The first kappa shape index (κ1) is 20.1. The molecule has 0 saturated carbocycles. The fraction of sp³-hybridized carbons (Fsp3) is 0.125. The zero-order chi connectivity index (χ0) is 21.9. The van der Waals surface area contributed by atoms with E-state index in [1.807, 2.05) is 49.6 Å². The van der Waals surface area contributed by atoms with Gasteiger partial charge in [-0.25, -0.2) is 9.37 Å². The van der Waals surface area contributed by atoms with E-state index in [1.165, 1.54) is 6.07 Å². The first-order chi connectivity index (χ1) is 15.7. The van der Waals surface area contributed by atoms with E-state index in [0.717, 1.165) is 38.2 Å². The van der Waals surface area contributed by atoms with E-state index in [1.54, 1.807) is 28.2 Å². The minimum atomic E-state index is -0.223. The van der Waals surface area contributed by atoms with Crippen LogP contribution in [-0.2, 0) is 13.1 Å². The van der Waals surface area contributed by atoms with Crippen LogP contribution < -0.4 is 5.32 Å². The molecule has 3 heterocycles. The van der Waals surface area contributed by atoms with Crippen molar-refractivity contribution in [3.05, 3.63) is 95.7 Å². The van der Waals surface area contributed by atoms with Gasteiger partial charge in [0.05, 0.1) is 29.0 Å². The number of nitrogens with zero attached hydrogens (tertiary/aromatic N) is 4. The molecule has 0 bridgehead atoms. The maximum atomic E-state index is 13.9. The molecular weight excluding hydrogens is 423 g/mol. The van der Waals surface area contributed by atoms with Crippen LogP contribution in [0.5, 0.6) is 0 Å². The average Bonchev–Trinajstić information content (AvgIpc) is 3.54. The van der Waals surface area contributed by atoms with Crippen LogP contribution in [0.25, 0.3) is 21.8 Å². The number of hydrogen-bond donors (Lipinski definition) is 2. The number of hydrogen-bond acceptors (Lipinski definition) is 5. The number of H-pyrrole nitrogens is 1. The van der Waals surface area contributed by atoms with Gasteiger partial charge in [0.15, 0.2) is 5.13 Å². The highest BCUT2D eigenvalue weighted by Gasteiger charge is 2.14. The number of nitrogens with one attached hydrogen (secondary N) is 2. The molecule has 0 aliphatic rings. The van der Waals surface area contributed by atoms with Crippen LogP contribution in [0.3, 0.4) is 0 Å². The highest BCUT2D eigenvalue weighted by Crippen LogP contribution is 2.32. The van der Waals surface area contributed by atoms with E-state index >= 15 is 0 Å². The zero-order valence-corrected chi connectivity index (χ0v) is 18.2. The first-order valence-corrected chi connectivity index (χ1v) is 11.1. The molecule has 5 rings (SSSR count). The summed E-state index contributed by atoms with van der Waals surface area (Å²) in [6, 6.07) is 18.8. The Morgan fingerprint density at radius 2 is 1.84 bits per heavy atom. The molecule has 6 nitrogen and oxygen atoms in total. The van der Waals surface area contributed by atoms with Crippen LogP contribution in [0.1, 0.15) is 16.8 Å². The summed E-state index contributed by atoms with van der Waals surface area (Å²) in [6.45, 7) is 2.97. The Balaban J connectivity index is 1.30. The smallest absolute Gasteiger partial charge is 0.183 e. The molecule has 0 atom stereocenters.